The first-order valence-corrected chi connectivity index (χ1v) is 19.4. The van der Waals surface area contributed by atoms with Crippen LogP contribution in [0.3, 0.4) is 0 Å². The van der Waals surface area contributed by atoms with Gasteiger partial charge < -0.3 is 15.4 Å². The lowest BCUT2D eigenvalue weighted by molar-refractivity contribution is -0.157. The maximum absolute atomic E-state index is 15.7. The van der Waals surface area contributed by atoms with Crippen LogP contribution in [0.25, 0.3) is 11.6 Å². The number of hydrogen-bond donors (Lipinski definition) is 3. The number of amides is 2. The Morgan fingerprint density at radius 1 is 0.818 bits per heavy atom. The number of halogens is 6. The summed E-state index contributed by atoms with van der Waals surface area (Å²) in [5, 5.41) is 10.3. The lowest BCUT2D eigenvalue weighted by Gasteiger charge is -2.47. The molecule has 3 heterocycles. The minimum Gasteiger partial charge on any atom is -0.459 e. The normalized spacial score (nSPS) is 22.9. The van der Waals surface area contributed by atoms with Crippen LogP contribution in [0.4, 0.5) is 20.2 Å². The smallest absolute Gasteiger partial charge is 0.324 e. The van der Waals surface area contributed by atoms with Gasteiger partial charge in [-0.2, -0.15) is 0 Å². The van der Waals surface area contributed by atoms with Gasteiger partial charge in [0, 0.05) is 43.9 Å². The standard InChI is InChI=1S/C27H29Cl2FN2O3.C15H8Cl2FNO/c1-25(2,3)35-23(33)22-20(16-8-7-9-18(29)21(16)30)27(26(32-22)12-5-4-6-13-26)17-11-10-15(28)14-19(17)31-24(27)34;16-9-4-5-10-11(15(20)19-13(10)7-9)6-8-2-1-3-12(17)14(8)18/h7-11,14,20,22,32H,4-6,12-13H2,1-3H3,(H,31,34);1-7H,(H,19,20)/t20-,22+,27+;/m0./s1. The molecule has 1 saturated carbocycles. The average molecular weight is 828 g/mol. The summed E-state index contributed by atoms with van der Waals surface area (Å²) in [5.74, 6) is -3.12. The van der Waals surface area contributed by atoms with Crippen LogP contribution < -0.4 is 16.0 Å². The fourth-order valence-corrected chi connectivity index (χ4v) is 9.37. The molecule has 1 saturated heterocycles. The molecular weight excluding hydrogens is 790 g/mol. The van der Waals surface area contributed by atoms with Crippen molar-refractivity contribution in [3.05, 3.63) is 127 Å². The molecule has 7 nitrogen and oxygen atoms in total. The van der Waals surface area contributed by atoms with Crippen LogP contribution in [0.2, 0.25) is 20.1 Å². The molecular formula is C42H37Cl4F2N3O4. The Bertz CT molecular complexity index is 2270. The highest BCUT2D eigenvalue weighted by atomic mass is 35.5. The maximum atomic E-state index is 15.7. The van der Waals surface area contributed by atoms with Gasteiger partial charge in [0.25, 0.3) is 5.91 Å². The molecule has 0 aromatic heterocycles. The molecule has 3 N–H and O–H groups in total. The zero-order chi connectivity index (χ0) is 39.4. The van der Waals surface area contributed by atoms with Crippen LogP contribution in [0.5, 0.6) is 0 Å². The number of esters is 1. The summed E-state index contributed by atoms with van der Waals surface area (Å²) in [7, 11) is 0. The first-order chi connectivity index (χ1) is 26.1. The van der Waals surface area contributed by atoms with E-state index < -0.39 is 46.1 Å². The van der Waals surface area contributed by atoms with E-state index in [2.05, 4.69) is 16.0 Å². The van der Waals surface area contributed by atoms with Crippen molar-refractivity contribution in [1.29, 1.82) is 0 Å². The van der Waals surface area contributed by atoms with Crippen molar-refractivity contribution in [3.8, 4) is 0 Å². The lowest BCUT2D eigenvalue weighted by Crippen LogP contribution is -2.60. The molecule has 4 aromatic rings. The summed E-state index contributed by atoms with van der Waals surface area (Å²) in [6.07, 6.45) is 5.62. The zero-order valence-electron chi connectivity index (χ0n) is 30.1. The maximum Gasteiger partial charge on any atom is 0.324 e. The van der Waals surface area contributed by atoms with Gasteiger partial charge in [-0.05, 0) is 87.2 Å². The molecule has 3 atom stereocenters. The van der Waals surface area contributed by atoms with Gasteiger partial charge in [-0.3, -0.25) is 19.7 Å². The predicted molar refractivity (Wildman–Crippen MR) is 214 cm³/mol. The Hall–Kier alpha value is -3.99. The molecule has 2 spiro atoms. The van der Waals surface area contributed by atoms with Gasteiger partial charge in [-0.25, -0.2) is 8.78 Å². The third-order valence-electron chi connectivity index (χ3n) is 10.7. The minimum absolute atomic E-state index is 0.0223. The second kappa shape index (κ2) is 14.8. The lowest BCUT2D eigenvalue weighted by atomic mass is 9.55. The monoisotopic (exact) mass is 825 g/mol. The predicted octanol–water partition coefficient (Wildman–Crippen LogP) is 10.7. The number of benzene rings is 4. The number of ether oxygens (including phenoxy) is 1. The summed E-state index contributed by atoms with van der Waals surface area (Å²) in [4.78, 5) is 39.8. The number of carbonyl (C=O) groups is 3. The molecule has 13 heteroatoms. The average Bonchev–Trinajstić information content (AvgIpc) is 3.70. The highest BCUT2D eigenvalue weighted by Gasteiger charge is 2.72. The summed E-state index contributed by atoms with van der Waals surface area (Å²) < 4.78 is 35.4. The zero-order valence-corrected chi connectivity index (χ0v) is 33.1. The van der Waals surface area contributed by atoms with E-state index in [1.165, 1.54) is 18.2 Å². The van der Waals surface area contributed by atoms with Gasteiger partial charge in [-0.1, -0.05) is 102 Å². The van der Waals surface area contributed by atoms with Gasteiger partial charge in [0.2, 0.25) is 5.91 Å². The second-order valence-electron chi connectivity index (χ2n) is 15.2. The topological polar surface area (TPSA) is 96.5 Å². The van der Waals surface area contributed by atoms with Gasteiger partial charge in [-0.15, -0.1) is 0 Å². The number of carbonyl (C=O) groups excluding carboxylic acids is 3. The Balaban J connectivity index is 0.000000197. The van der Waals surface area contributed by atoms with Crippen molar-refractivity contribution < 1.29 is 27.9 Å². The van der Waals surface area contributed by atoms with E-state index in [9.17, 15) is 18.8 Å². The van der Waals surface area contributed by atoms with Gasteiger partial charge in [0.05, 0.1) is 15.7 Å². The van der Waals surface area contributed by atoms with Crippen molar-refractivity contribution in [2.45, 2.75) is 81.4 Å². The first kappa shape index (κ1) is 39.3. The van der Waals surface area contributed by atoms with Crippen molar-refractivity contribution in [2.75, 3.05) is 10.6 Å². The van der Waals surface area contributed by atoms with Crippen molar-refractivity contribution in [1.82, 2.24) is 5.32 Å². The van der Waals surface area contributed by atoms with Crippen LogP contribution in [0.15, 0.2) is 72.8 Å². The SMILES string of the molecule is CC(C)(C)OC(=O)[C@@H]1NC2(CCCCC2)[C@@]2(C(=O)Nc3cc(Cl)ccc32)[C@H]1c1cccc(Cl)c1F.O=C1Nc2cc(Cl)ccc2C1=Cc1cccc(Cl)c1F. The van der Waals surface area contributed by atoms with Crippen LogP contribution in [-0.2, 0) is 24.5 Å². The van der Waals surface area contributed by atoms with E-state index in [0.717, 1.165) is 24.8 Å². The van der Waals surface area contributed by atoms with Gasteiger partial charge in [0.15, 0.2) is 0 Å². The second-order valence-corrected chi connectivity index (χ2v) is 16.9. The Labute approximate surface area is 337 Å². The number of fused-ring (bicyclic) bond motifs is 4. The summed E-state index contributed by atoms with van der Waals surface area (Å²) in [5.41, 5.74) is 0.730. The molecule has 2 fully saturated rings. The third-order valence-corrected chi connectivity index (χ3v) is 11.8. The fourth-order valence-electron chi connectivity index (χ4n) is 8.66. The summed E-state index contributed by atoms with van der Waals surface area (Å²) in [6, 6.07) is 18.8. The molecule has 286 valence electrons. The Kier molecular flexibility index (Phi) is 10.6. The number of hydrogen-bond acceptors (Lipinski definition) is 5. The summed E-state index contributed by atoms with van der Waals surface area (Å²) >= 11 is 24.1. The quantitative estimate of drug-likeness (QED) is 0.141. The first-order valence-electron chi connectivity index (χ1n) is 17.9. The van der Waals surface area contributed by atoms with E-state index in [-0.39, 0.29) is 33.0 Å². The van der Waals surface area contributed by atoms with Crippen molar-refractivity contribution >= 4 is 87.2 Å². The number of rotatable bonds is 3. The summed E-state index contributed by atoms with van der Waals surface area (Å²) in [6.45, 7) is 5.38. The van der Waals surface area contributed by atoms with E-state index in [0.29, 0.717) is 45.4 Å². The Morgan fingerprint density at radius 3 is 2.15 bits per heavy atom. The molecule has 3 aliphatic heterocycles. The van der Waals surface area contributed by atoms with Crippen LogP contribution in [0, 0.1) is 11.6 Å². The molecule has 2 amide bonds. The van der Waals surface area contributed by atoms with E-state index in [4.69, 9.17) is 51.1 Å². The number of nitrogens with one attached hydrogen (secondary N) is 3. The largest absolute Gasteiger partial charge is 0.459 e. The van der Waals surface area contributed by atoms with Crippen LogP contribution in [-0.4, -0.2) is 35.0 Å². The molecule has 4 aromatic carbocycles. The molecule has 0 radical (unpaired) electrons. The van der Waals surface area contributed by atoms with Gasteiger partial charge in [0.1, 0.15) is 28.7 Å². The van der Waals surface area contributed by atoms with E-state index in [1.807, 2.05) is 6.07 Å². The third kappa shape index (κ3) is 6.93. The molecule has 0 bridgehead atoms. The molecule has 8 rings (SSSR count). The molecule has 55 heavy (non-hydrogen) atoms. The van der Waals surface area contributed by atoms with Crippen LogP contribution in [0.1, 0.15) is 81.0 Å². The fraction of sp³-hybridized carbons (Fsp3) is 0.310. The Morgan fingerprint density at radius 2 is 1.45 bits per heavy atom. The highest BCUT2D eigenvalue weighted by Crippen LogP contribution is 2.63. The van der Waals surface area contributed by atoms with Crippen molar-refractivity contribution in [3.63, 3.8) is 0 Å². The van der Waals surface area contributed by atoms with Crippen molar-refractivity contribution in [2.24, 2.45) is 0 Å². The molecule has 1 aliphatic carbocycles. The molecule has 0 unspecified atom stereocenters. The highest BCUT2D eigenvalue weighted by molar-refractivity contribution is 6.37. The van der Waals surface area contributed by atoms with Gasteiger partial charge >= 0.3 is 5.97 Å². The van der Waals surface area contributed by atoms with E-state index >= 15 is 4.39 Å². The number of anilines is 2. The minimum atomic E-state index is -1.25. The van der Waals surface area contributed by atoms with E-state index in [1.54, 1.807) is 75.4 Å². The van der Waals surface area contributed by atoms with Crippen LogP contribution >= 0.6 is 46.4 Å². The molecule has 4 aliphatic rings.